The first-order valence-electron chi connectivity index (χ1n) is 10.5. The van der Waals surface area contributed by atoms with E-state index in [1.165, 1.54) is 30.1 Å². The van der Waals surface area contributed by atoms with Gasteiger partial charge in [-0.1, -0.05) is 73.6 Å². The zero-order valence-electron chi connectivity index (χ0n) is 18.7. The molecule has 1 amide bonds. The standard InChI is InChI=1S/C24H22ClN3O4S2/c1-14(2)22-23(29)27-24(33-22)28-26-13-19-18-7-5-4-6-16(18)9-11-21(19)32-34(30,31)17-10-8-15(3)20(25)12-17/h4-14,22H,1-3H3,(H,27,28,29)/b26-13+. The number of amides is 1. The summed E-state index contributed by atoms with van der Waals surface area (Å²) in [5.41, 5.74) is 1.20. The normalized spacial score (nSPS) is 17.7. The van der Waals surface area contributed by atoms with Crippen molar-refractivity contribution in [2.75, 3.05) is 0 Å². The van der Waals surface area contributed by atoms with E-state index in [0.29, 0.717) is 15.8 Å². The lowest BCUT2D eigenvalue weighted by atomic mass is 10.0. The number of amidine groups is 1. The van der Waals surface area contributed by atoms with Crippen LogP contribution in [0.5, 0.6) is 5.75 Å². The molecule has 0 aromatic heterocycles. The van der Waals surface area contributed by atoms with E-state index in [1.807, 2.05) is 38.1 Å². The maximum atomic E-state index is 13.0. The van der Waals surface area contributed by atoms with Crippen LogP contribution in [0.3, 0.4) is 0 Å². The number of halogens is 1. The topological polar surface area (TPSA) is 97.2 Å². The zero-order valence-corrected chi connectivity index (χ0v) is 21.0. The fourth-order valence-corrected chi connectivity index (χ4v) is 5.54. The molecule has 176 valence electrons. The molecule has 1 unspecified atom stereocenters. The highest BCUT2D eigenvalue weighted by atomic mass is 35.5. The van der Waals surface area contributed by atoms with Crippen LogP contribution in [0.25, 0.3) is 10.8 Å². The summed E-state index contributed by atoms with van der Waals surface area (Å²) in [5.74, 6) is 0.147. The Balaban J connectivity index is 1.70. The molecule has 1 heterocycles. The van der Waals surface area contributed by atoms with Gasteiger partial charge in [0.05, 0.1) is 11.5 Å². The lowest BCUT2D eigenvalue weighted by molar-refractivity contribution is -0.119. The summed E-state index contributed by atoms with van der Waals surface area (Å²) >= 11 is 7.43. The van der Waals surface area contributed by atoms with Crippen molar-refractivity contribution in [1.82, 2.24) is 5.32 Å². The number of aryl methyl sites for hydroxylation is 1. The Labute approximate surface area is 207 Å². The predicted molar refractivity (Wildman–Crippen MR) is 137 cm³/mol. The van der Waals surface area contributed by atoms with Crippen molar-refractivity contribution in [1.29, 1.82) is 0 Å². The van der Waals surface area contributed by atoms with Crippen molar-refractivity contribution in [3.63, 3.8) is 0 Å². The fourth-order valence-electron chi connectivity index (χ4n) is 3.38. The van der Waals surface area contributed by atoms with Gasteiger partial charge in [-0.3, -0.25) is 4.79 Å². The van der Waals surface area contributed by atoms with E-state index in [2.05, 4.69) is 15.5 Å². The van der Waals surface area contributed by atoms with Crippen molar-refractivity contribution in [2.24, 2.45) is 16.1 Å². The third-order valence-corrected chi connectivity index (χ3v) is 8.29. The molecule has 3 aromatic carbocycles. The van der Waals surface area contributed by atoms with Gasteiger partial charge in [0, 0.05) is 10.6 Å². The Morgan fingerprint density at radius 3 is 2.62 bits per heavy atom. The third kappa shape index (κ3) is 5.11. The summed E-state index contributed by atoms with van der Waals surface area (Å²) < 4.78 is 31.4. The van der Waals surface area contributed by atoms with Gasteiger partial charge in [0.25, 0.3) is 0 Å². The van der Waals surface area contributed by atoms with Crippen molar-refractivity contribution < 1.29 is 17.4 Å². The van der Waals surface area contributed by atoms with Crippen LogP contribution in [-0.2, 0) is 14.9 Å². The van der Waals surface area contributed by atoms with Gasteiger partial charge in [-0.2, -0.15) is 13.5 Å². The third-order valence-electron chi connectivity index (χ3n) is 5.23. The number of fused-ring (bicyclic) bond motifs is 1. The van der Waals surface area contributed by atoms with Gasteiger partial charge in [-0.15, -0.1) is 5.10 Å². The van der Waals surface area contributed by atoms with Crippen LogP contribution in [0.4, 0.5) is 0 Å². The minimum atomic E-state index is -4.15. The van der Waals surface area contributed by atoms with E-state index < -0.39 is 10.1 Å². The highest BCUT2D eigenvalue weighted by Gasteiger charge is 2.32. The van der Waals surface area contributed by atoms with Crippen molar-refractivity contribution in [3.05, 3.63) is 70.7 Å². The Morgan fingerprint density at radius 2 is 1.91 bits per heavy atom. The molecule has 1 atom stereocenters. The molecule has 0 bridgehead atoms. The Bertz CT molecular complexity index is 1440. The number of carbonyl (C=O) groups is 1. The molecule has 1 aliphatic rings. The number of nitrogens with zero attached hydrogens (tertiary/aromatic N) is 2. The molecule has 1 fully saturated rings. The number of hydrogen-bond acceptors (Lipinski definition) is 7. The van der Waals surface area contributed by atoms with Crippen molar-refractivity contribution in [3.8, 4) is 5.75 Å². The molecule has 1 N–H and O–H groups in total. The molecule has 1 saturated heterocycles. The van der Waals surface area contributed by atoms with E-state index in [0.717, 1.165) is 16.3 Å². The number of carbonyl (C=O) groups excluding carboxylic acids is 1. The summed E-state index contributed by atoms with van der Waals surface area (Å²) in [6, 6.07) is 15.2. The number of benzene rings is 3. The van der Waals surface area contributed by atoms with E-state index >= 15 is 0 Å². The number of hydrogen-bond donors (Lipinski definition) is 1. The van der Waals surface area contributed by atoms with Crippen LogP contribution in [0.2, 0.25) is 5.02 Å². The maximum absolute atomic E-state index is 13.0. The molecular weight excluding hydrogens is 494 g/mol. The monoisotopic (exact) mass is 515 g/mol. The lowest BCUT2D eigenvalue weighted by Gasteiger charge is -2.12. The lowest BCUT2D eigenvalue weighted by Crippen LogP contribution is -2.27. The molecule has 3 aromatic rings. The minimum Gasteiger partial charge on any atom is -0.378 e. The van der Waals surface area contributed by atoms with Crippen LogP contribution >= 0.6 is 23.4 Å². The molecule has 0 spiro atoms. The molecule has 10 heteroatoms. The van der Waals surface area contributed by atoms with E-state index in [-0.39, 0.29) is 27.7 Å². The number of thioether (sulfide) groups is 1. The smallest absolute Gasteiger partial charge is 0.339 e. The largest absolute Gasteiger partial charge is 0.378 e. The fraction of sp³-hybridized carbons (Fsp3) is 0.208. The van der Waals surface area contributed by atoms with Gasteiger partial charge >= 0.3 is 10.1 Å². The van der Waals surface area contributed by atoms with Crippen LogP contribution < -0.4 is 9.50 Å². The first-order chi connectivity index (χ1) is 16.2. The SMILES string of the molecule is Cc1ccc(S(=O)(=O)Oc2ccc3ccccc3c2/C=N/N=C2\NC(=O)C(C(C)C)S2)cc1Cl. The second kappa shape index (κ2) is 9.77. The highest BCUT2D eigenvalue weighted by Crippen LogP contribution is 2.30. The van der Waals surface area contributed by atoms with Gasteiger partial charge in [0.1, 0.15) is 4.90 Å². The summed E-state index contributed by atoms with van der Waals surface area (Å²) in [6.07, 6.45) is 1.43. The first kappa shape index (κ1) is 24.3. The predicted octanol–water partition coefficient (Wildman–Crippen LogP) is 5.15. The zero-order chi connectivity index (χ0) is 24.5. The van der Waals surface area contributed by atoms with Gasteiger partial charge in [0.2, 0.25) is 5.91 Å². The van der Waals surface area contributed by atoms with Crippen molar-refractivity contribution in [2.45, 2.75) is 30.9 Å². The second-order valence-electron chi connectivity index (χ2n) is 8.07. The second-order valence-corrected chi connectivity index (χ2v) is 11.2. The molecule has 0 radical (unpaired) electrons. The molecule has 34 heavy (non-hydrogen) atoms. The summed E-state index contributed by atoms with van der Waals surface area (Å²) in [6.45, 7) is 5.71. The van der Waals surface area contributed by atoms with Gasteiger partial charge in [0.15, 0.2) is 10.9 Å². The maximum Gasteiger partial charge on any atom is 0.339 e. The summed E-state index contributed by atoms with van der Waals surface area (Å²) in [4.78, 5) is 12.0. The average molecular weight is 516 g/mol. The molecule has 7 nitrogen and oxygen atoms in total. The number of rotatable bonds is 6. The Morgan fingerprint density at radius 1 is 1.15 bits per heavy atom. The van der Waals surface area contributed by atoms with Crippen LogP contribution in [0.1, 0.15) is 25.0 Å². The molecule has 0 aliphatic carbocycles. The average Bonchev–Trinajstić information content (AvgIpc) is 3.17. The highest BCUT2D eigenvalue weighted by molar-refractivity contribution is 8.15. The van der Waals surface area contributed by atoms with Crippen LogP contribution in [0, 0.1) is 12.8 Å². The van der Waals surface area contributed by atoms with E-state index in [4.69, 9.17) is 15.8 Å². The molecule has 4 rings (SSSR count). The Kier molecular flexibility index (Phi) is 6.97. The van der Waals surface area contributed by atoms with E-state index in [9.17, 15) is 13.2 Å². The Hall–Kier alpha value is -2.88. The van der Waals surface area contributed by atoms with Crippen LogP contribution in [0.15, 0.2) is 69.7 Å². The molecule has 0 saturated carbocycles. The van der Waals surface area contributed by atoms with Gasteiger partial charge < -0.3 is 9.50 Å². The minimum absolute atomic E-state index is 0.0517. The summed E-state index contributed by atoms with van der Waals surface area (Å²) in [5, 5.41) is 13.1. The van der Waals surface area contributed by atoms with E-state index in [1.54, 1.807) is 25.1 Å². The first-order valence-corrected chi connectivity index (χ1v) is 13.1. The molecular formula is C24H22ClN3O4S2. The van der Waals surface area contributed by atoms with Crippen LogP contribution in [-0.4, -0.2) is 31.0 Å². The quantitative estimate of drug-likeness (QED) is 0.278. The summed E-state index contributed by atoms with van der Waals surface area (Å²) in [7, 11) is -4.15. The van der Waals surface area contributed by atoms with Gasteiger partial charge in [-0.25, -0.2) is 0 Å². The van der Waals surface area contributed by atoms with Crippen molar-refractivity contribution >= 4 is 61.5 Å². The molecule has 1 aliphatic heterocycles. The van der Waals surface area contributed by atoms with Gasteiger partial charge in [-0.05, 0) is 47.4 Å². The number of nitrogens with one attached hydrogen (secondary N) is 1.